The van der Waals surface area contributed by atoms with E-state index in [1.807, 2.05) is 36.3 Å². The van der Waals surface area contributed by atoms with Gasteiger partial charge in [-0.15, -0.1) is 11.8 Å². The molecule has 0 spiro atoms. The van der Waals surface area contributed by atoms with Crippen molar-refractivity contribution in [2.75, 3.05) is 13.1 Å². The Kier molecular flexibility index (Phi) is 4.70. The molecule has 1 aromatic heterocycles. The van der Waals surface area contributed by atoms with E-state index >= 15 is 0 Å². The molecule has 0 bridgehead atoms. The van der Waals surface area contributed by atoms with Crippen molar-refractivity contribution in [2.24, 2.45) is 10.7 Å². The number of nitrogens with zero attached hydrogens (tertiary/aromatic N) is 3. The molecule has 0 radical (unpaired) electrons. The van der Waals surface area contributed by atoms with E-state index in [0.717, 1.165) is 36.7 Å². The first-order valence-corrected chi connectivity index (χ1v) is 11.1. The average Bonchev–Trinajstić information content (AvgIpc) is 3.12. The van der Waals surface area contributed by atoms with Gasteiger partial charge in [-0.3, -0.25) is 4.98 Å². The first kappa shape index (κ1) is 17.3. The third-order valence-corrected chi connectivity index (χ3v) is 7.52. The van der Waals surface area contributed by atoms with Crippen LogP contribution in [0.4, 0.5) is 0 Å². The normalized spacial score (nSPS) is 28.1. The summed E-state index contributed by atoms with van der Waals surface area (Å²) in [7, 11) is 0. The molecule has 1 aromatic rings. The number of pyridine rings is 1. The lowest BCUT2D eigenvalue weighted by molar-refractivity contribution is 0.307. The predicted octanol–water partition coefficient (Wildman–Crippen LogP) is 3.36. The molecule has 0 aromatic carbocycles. The Hall–Kier alpha value is -1.79. The van der Waals surface area contributed by atoms with Crippen LogP contribution in [-0.2, 0) is 0 Å². The van der Waals surface area contributed by atoms with Crippen LogP contribution in [0.25, 0.3) is 0 Å². The highest BCUT2D eigenvalue weighted by Gasteiger charge is 2.41. The third-order valence-electron chi connectivity index (χ3n) is 6.07. The molecule has 0 amide bonds. The highest BCUT2D eigenvalue weighted by atomic mass is 32.2. The van der Waals surface area contributed by atoms with Gasteiger partial charge >= 0.3 is 0 Å². The van der Waals surface area contributed by atoms with Gasteiger partial charge in [0.15, 0.2) is 0 Å². The van der Waals surface area contributed by atoms with Crippen LogP contribution in [0.15, 0.2) is 51.4 Å². The van der Waals surface area contributed by atoms with Crippen molar-refractivity contribution in [3.63, 3.8) is 0 Å². The van der Waals surface area contributed by atoms with Crippen molar-refractivity contribution < 1.29 is 0 Å². The number of hydrogen-bond acceptors (Lipinski definition) is 6. The number of hydrogen-bond donors (Lipinski definition) is 2. The Balaban J connectivity index is 1.53. The number of allylic oxidation sites excluding steroid dienone is 1. The van der Waals surface area contributed by atoms with Gasteiger partial charge in [0.05, 0.1) is 0 Å². The van der Waals surface area contributed by atoms with Crippen LogP contribution in [0, 0.1) is 0 Å². The highest BCUT2D eigenvalue weighted by Crippen LogP contribution is 2.51. The Bertz CT molecular complexity index is 807. The van der Waals surface area contributed by atoms with E-state index in [4.69, 9.17) is 10.7 Å². The van der Waals surface area contributed by atoms with Crippen molar-refractivity contribution in [1.82, 2.24) is 15.2 Å². The van der Waals surface area contributed by atoms with Crippen molar-refractivity contribution in [3.05, 3.63) is 52.0 Å². The van der Waals surface area contributed by atoms with Crippen LogP contribution in [-0.4, -0.2) is 40.2 Å². The molecule has 1 fully saturated rings. The van der Waals surface area contributed by atoms with E-state index in [9.17, 15) is 0 Å². The summed E-state index contributed by atoms with van der Waals surface area (Å²) < 4.78 is 0. The zero-order valence-corrected chi connectivity index (χ0v) is 16.5. The lowest BCUT2D eigenvalue weighted by Crippen LogP contribution is -2.50. The molecule has 2 atom stereocenters. The number of fused-ring (bicyclic) bond motifs is 2. The summed E-state index contributed by atoms with van der Waals surface area (Å²) in [5, 5.41) is 3.99. The van der Waals surface area contributed by atoms with Gasteiger partial charge in [0.2, 0.25) is 0 Å². The summed E-state index contributed by atoms with van der Waals surface area (Å²) in [6.45, 7) is 2.10. The Morgan fingerprint density at radius 3 is 2.81 bits per heavy atom. The molecule has 1 unspecified atom stereocenters. The summed E-state index contributed by atoms with van der Waals surface area (Å²) in [5.41, 5.74) is 10.4. The Morgan fingerprint density at radius 1 is 1.15 bits per heavy atom. The van der Waals surface area contributed by atoms with Gasteiger partial charge in [-0.25, -0.2) is 4.99 Å². The fourth-order valence-electron chi connectivity index (χ4n) is 4.72. The lowest BCUT2D eigenvalue weighted by atomic mass is 9.92. The molecule has 5 rings (SSSR count). The van der Waals surface area contributed by atoms with Crippen molar-refractivity contribution in [3.8, 4) is 0 Å². The maximum Gasteiger partial charge on any atom is 0.139 e. The molecule has 6 heteroatoms. The minimum atomic E-state index is 0.275. The molecule has 5 nitrogen and oxygen atoms in total. The number of nitrogens with one attached hydrogen (secondary N) is 1. The van der Waals surface area contributed by atoms with Gasteiger partial charge < -0.3 is 16.0 Å². The maximum atomic E-state index is 6.54. The number of aliphatic imine (C=N–C) groups is 1. The van der Waals surface area contributed by atoms with E-state index in [1.54, 1.807) is 4.91 Å². The molecule has 3 aliphatic heterocycles. The van der Waals surface area contributed by atoms with Gasteiger partial charge in [0.1, 0.15) is 17.0 Å². The zero-order chi connectivity index (χ0) is 18.2. The van der Waals surface area contributed by atoms with Crippen LogP contribution in [0.3, 0.4) is 0 Å². The second kappa shape index (κ2) is 7.32. The first-order chi connectivity index (χ1) is 13.3. The minimum absolute atomic E-state index is 0.275. The fourth-order valence-corrected chi connectivity index (χ4v) is 6.30. The van der Waals surface area contributed by atoms with Gasteiger partial charge in [-0.2, -0.15) is 0 Å². The molecule has 142 valence electrons. The van der Waals surface area contributed by atoms with Crippen molar-refractivity contribution in [2.45, 2.75) is 56.4 Å². The molecule has 1 saturated heterocycles. The summed E-state index contributed by atoms with van der Waals surface area (Å²) in [6, 6.07) is 4.61. The van der Waals surface area contributed by atoms with E-state index in [1.165, 1.54) is 49.7 Å². The molecular formula is C21H27N5S. The quantitative estimate of drug-likeness (QED) is 0.840. The van der Waals surface area contributed by atoms with E-state index in [-0.39, 0.29) is 5.37 Å². The monoisotopic (exact) mass is 381 g/mol. The topological polar surface area (TPSA) is 66.5 Å². The Morgan fingerprint density at radius 2 is 2.00 bits per heavy atom. The highest BCUT2D eigenvalue weighted by molar-refractivity contribution is 8.04. The fraction of sp³-hybridized carbons (Fsp3) is 0.524. The molecule has 4 aliphatic rings. The van der Waals surface area contributed by atoms with Crippen LogP contribution in [0.2, 0.25) is 0 Å². The van der Waals surface area contributed by atoms with Gasteiger partial charge in [-0.1, -0.05) is 6.42 Å². The number of rotatable bonds is 3. The molecule has 0 saturated carbocycles. The van der Waals surface area contributed by atoms with E-state index < -0.39 is 0 Å². The SMILES string of the molecule is NC1=C2C3=C(CCCC3)S[C@H]2N(CC2CCCCN2)C(c2ccncc2)=N1. The number of amidine groups is 1. The number of piperidine rings is 1. The standard InChI is InChI=1S/C21H27N5S/c22-19-18-16-6-1-2-7-17(16)27-21(18)26(13-15-5-3-4-10-24-15)20(25-19)14-8-11-23-12-9-14/h8-9,11-12,15,21,24H,1-7,10,13,22H2/t15?,21-/m1/s1. The first-order valence-electron chi connectivity index (χ1n) is 10.2. The summed E-state index contributed by atoms with van der Waals surface area (Å²) in [5.74, 6) is 1.72. The minimum Gasteiger partial charge on any atom is -0.383 e. The number of aromatic nitrogens is 1. The number of nitrogens with two attached hydrogens (primary N) is 1. The van der Waals surface area contributed by atoms with E-state index in [2.05, 4.69) is 15.2 Å². The zero-order valence-electron chi connectivity index (χ0n) is 15.7. The molecule has 3 N–H and O–H groups in total. The predicted molar refractivity (Wildman–Crippen MR) is 111 cm³/mol. The van der Waals surface area contributed by atoms with Crippen LogP contribution < -0.4 is 11.1 Å². The molecular weight excluding hydrogens is 354 g/mol. The second-order valence-electron chi connectivity index (χ2n) is 7.85. The molecule has 4 heterocycles. The molecule has 27 heavy (non-hydrogen) atoms. The second-order valence-corrected chi connectivity index (χ2v) is 9.02. The van der Waals surface area contributed by atoms with Gasteiger partial charge in [0.25, 0.3) is 0 Å². The summed E-state index contributed by atoms with van der Waals surface area (Å²) >= 11 is 2.02. The maximum absolute atomic E-state index is 6.54. The van der Waals surface area contributed by atoms with Crippen LogP contribution >= 0.6 is 11.8 Å². The lowest BCUT2D eigenvalue weighted by Gasteiger charge is -2.39. The third kappa shape index (κ3) is 3.19. The Labute approximate surface area is 165 Å². The summed E-state index contributed by atoms with van der Waals surface area (Å²) in [4.78, 5) is 13.2. The number of thioether (sulfide) groups is 1. The van der Waals surface area contributed by atoms with Crippen LogP contribution in [0.5, 0.6) is 0 Å². The smallest absolute Gasteiger partial charge is 0.139 e. The molecule has 1 aliphatic carbocycles. The van der Waals surface area contributed by atoms with Gasteiger partial charge in [-0.05, 0) is 67.7 Å². The average molecular weight is 382 g/mol. The summed E-state index contributed by atoms with van der Waals surface area (Å²) in [6.07, 6.45) is 12.4. The van der Waals surface area contributed by atoms with Crippen molar-refractivity contribution >= 4 is 17.6 Å². The largest absolute Gasteiger partial charge is 0.383 e. The van der Waals surface area contributed by atoms with Crippen LogP contribution in [0.1, 0.15) is 50.5 Å². The van der Waals surface area contributed by atoms with Gasteiger partial charge in [0, 0.05) is 36.1 Å². The van der Waals surface area contributed by atoms with Crippen molar-refractivity contribution in [1.29, 1.82) is 0 Å². The van der Waals surface area contributed by atoms with E-state index in [0.29, 0.717) is 6.04 Å².